The molecule has 0 fully saturated rings. The van der Waals surface area contributed by atoms with Crippen LogP contribution in [0.1, 0.15) is 5.56 Å². The molecule has 0 aliphatic heterocycles. The van der Waals surface area contributed by atoms with Gasteiger partial charge in [-0.1, -0.05) is 30.3 Å². The summed E-state index contributed by atoms with van der Waals surface area (Å²) in [4.78, 5) is 0. The number of aliphatic hydroxyl groups is 1. The lowest BCUT2D eigenvalue weighted by atomic mass is 10.2. The highest BCUT2D eigenvalue weighted by Crippen LogP contribution is 2.11. The quantitative estimate of drug-likeness (QED) is 0.527. The lowest BCUT2D eigenvalue weighted by Crippen LogP contribution is -3.00. The van der Waals surface area contributed by atoms with Gasteiger partial charge >= 0.3 is 0 Å². The van der Waals surface area contributed by atoms with Crippen LogP contribution < -0.4 is 12.4 Å². The van der Waals surface area contributed by atoms with E-state index in [0.29, 0.717) is 0 Å². The van der Waals surface area contributed by atoms with Gasteiger partial charge in [-0.15, -0.1) is 11.6 Å². The van der Waals surface area contributed by atoms with E-state index >= 15 is 0 Å². The summed E-state index contributed by atoms with van der Waals surface area (Å²) in [5, 5.41) is 8.76. The minimum atomic E-state index is -0.163. The van der Waals surface area contributed by atoms with Gasteiger partial charge in [0.15, 0.2) is 0 Å². The molecule has 0 radical (unpaired) electrons. The molecule has 0 amide bonds. The molecule has 16 heavy (non-hydrogen) atoms. The van der Waals surface area contributed by atoms with E-state index in [4.69, 9.17) is 16.7 Å². The molecule has 0 aliphatic rings. The first-order chi connectivity index (χ1) is 7.03. The van der Waals surface area contributed by atoms with E-state index < -0.39 is 0 Å². The number of hydrogen-bond acceptors (Lipinski definition) is 1. The molecule has 1 aromatic carbocycles. The molecule has 1 rings (SSSR count). The van der Waals surface area contributed by atoms with E-state index in [1.54, 1.807) is 0 Å². The molecule has 0 saturated carbocycles. The summed E-state index contributed by atoms with van der Waals surface area (Å²) in [5.74, 6) is 0. The van der Waals surface area contributed by atoms with Crippen LogP contribution in [0.15, 0.2) is 30.3 Å². The maximum absolute atomic E-state index is 8.92. The van der Waals surface area contributed by atoms with Crippen LogP contribution in [0.2, 0.25) is 0 Å². The van der Waals surface area contributed by atoms with Gasteiger partial charge in [0, 0.05) is 5.56 Å². The van der Waals surface area contributed by atoms with Crippen molar-refractivity contribution in [2.24, 2.45) is 0 Å². The molecule has 1 unspecified atom stereocenters. The Balaban J connectivity index is 0.00000225. The molecule has 0 spiro atoms. The number of rotatable bonds is 5. The number of hydrogen-bond donors (Lipinski definition) is 1. The molecule has 92 valence electrons. The average molecular weight is 264 g/mol. The first-order valence-corrected chi connectivity index (χ1v) is 5.58. The zero-order chi connectivity index (χ0) is 11.3. The second kappa shape index (κ2) is 7.13. The molecule has 1 aromatic rings. The number of halogens is 2. The predicted molar refractivity (Wildman–Crippen MR) is 63.8 cm³/mol. The van der Waals surface area contributed by atoms with Crippen molar-refractivity contribution in [2.45, 2.75) is 11.9 Å². The SMILES string of the molecule is C[N+](C)(Cc1ccccc1)CC(Cl)CO.[Cl-]. The zero-order valence-electron chi connectivity index (χ0n) is 9.74. The Morgan fingerprint density at radius 1 is 1.25 bits per heavy atom. The molecule has 0 heterocycles. The number of quaternary nitrogens is 1. The van der Waals surface area contributed by atoms with E-state index in [2.05, 4.69) is 26.2 Å². The van der Waals surface area contributed by atoms with Crippen molar-refractivity contribution in [3.63, 3.8) is 0 Å². The molecule has 0 aliphatic carbocycles. The van der Waals surface area contributed by atoms with Gasteiger partial charge in [-0.3, -0.25) is 0 Å². The summed E-state index contributed by atoms with van der Waals surface area (Å²) in [5.41, 5.74) is 1.30. The van der Waals surface area contributed by atoms with Crippen molar-refractivity contribution in [1.82, 2.24) is 0 Å². The van der Waals surface area contributed by atoms with E-state index in [1.165, 1.54) is 5.56 Å². The van der Waals surface area contributed by atoms with Crippen molar-refractivity contribution < 1.29 is 22.0 Å². The molecule has 0 saturated heterocycles. The third-order valence-electron chi connectivity index (χ3n) is 2.34. The molecular formula is C12H19Cl2NO. The van der Waals surface area contributed by atoms with Gasteiger partial charge < -0.3 is 22.0 Å². The Bertz CT molecular complexity index is 290. The van der Waals surface area contributed by atoms with E-state index in [1.807, 2.05) is 18.2 Å². The Morgan fingerprint density at radius 2 is 1.81 bits per heavy atom. The van der Waals surface area contributed by atoms with Crippen molar-refractivity contribution in [3.05, 3.63) is 35.9 Å². The summed E-state index contributed by atoms with van der Waals surface area (Å²) >= 11 is 5.95. The normalized spacial score (nSPS) is 13.0. The van der Waals surface area contributed by atoms with Gasteiger partial charge in [0.1, 0.15) is 11.9 Å². The molecule has 1 N–H and O–H groups in total. The van der Waals surface area contributed by atoms with Gasteiger partial charge in [-0.05, 0) is 0 Å². The number of benzene rings is 1. The van der Waals surface area contributed by atoms with E-state index in [0.717, 1.165) is 17.6 Å². The van der Waals surface area contributed by atoms with Crippen LogP contribution in [0.5, 0.6) is 0 Å². The monoisotopic (exact) mass is 263 g/mol. The molecule has 4 heteroatoms. The Hall–Kier alpha value is -0.280. The van der Waals surface area contributed by atoms with Crippen molar-refractivity contribution in [1.29, 1.82) is 0 Å². The van der Waals surface area contributed by atoms with Gasteiger partial charge in [0.25, 0.3) is 0 Å². The minimum absolute atomic E-state index is 0. The second-order valence-electron chi connectivity index (χ2n) is 4.54. The molecule has 0 bridgehead atoms. The van der Waals surface area contributed by atoms with Crippen LogP contribution in [-0.4, -0.2) is 42.2 Å². The number of nitrogens with zero attached hydrogens (tertiary/aromatic N) is 1. The average Bonchev–Trinajstić information content (AvgIpc) is 2.17. The van der Waals surface area contributed by atoms with Gasteiger partial charge in [-0.2, -0.15) is 0 Å². The highest BCUT2D eigenvalue weighted by atomic mass is 35.5. The van der Waals surface area contributed by atoms with Crippen molar-refractivity contribution in [2.75, 3.05) is 27.2 Å². The maximum atomic E-state index is 8.92. The zero-order valence-corrected chi connectivity index (χ0v) is 11.2. The van der Waals surface area contributed by atoms with E-state index in [-0.39, 0.29) is 24.4 Å². The molecular weight excluding hydrogens is 245 g/mol. The van der Waals surface area contributed by atoms with Crippen molar-refractivity contribution in [3.8, 4) is 0 Å². The third-order valence-corrected chi connectivity index (χ3v) is 2.62. The fraction of sp³-hybridized carbons (Fsp3) is 0.500. The van der Waals surface area contributed by atoms with Crippen LogP contribution in [0.25, 0.3) is 0 Å². The maximum Gasteiger partial charge on any atom is 0.106 e. The summed E-state index contributed by atoms with van der Waals surface area (Å²) in [6.45, 7) is 1.75. The van der Waals surface area contributed by atoms with Crippen LogP contribution in [-0.2, 0) is 6.54 Å². The summed E-state index contributed by atoms with van der Waals surface area (Å²) in [6, 6.07) is 10.3. The largest absolute Gasteiger partial charge is 1.00 e. The smallest absolute Gasteiger partial charge is 0.106 e. The van der Waals surface area contributed by atoms with Gasteiger partial charge in [0.05, 0.1) is 27.2 Å². The first kappa shape index (κ1) is 15.7. The third kappa shape index (κ3) is 5.71. The first-order valence-electron chi connectivity index (χ1n) is 5.14. The van der Waals surface area contributed by atoms with Gasteiger partial charge in [-0.25, -0.2) is 0 Å². The Labute approximate surface area is 109 Å². The lowest BCUT2D eigenvalue weighted by molar-refractivity contribution is -0.903. The molecule has 2 nitrogen and oxygen atoms in total. The highest BCUT2D eigenvalue weighted by molar-refractivity contribution is 6.20. The lowest BCUT2D eigenvalue weighted by Gasteiger charge is -2.31. The minimum Gasteiger partial charge on any atom is -1.00 e. The highest BCUT2D eigenvalue weighted by Gasteiger charge is 2.20. The van der Waals surface area contributed by atoms with Crippen LogP contribution in [0, 0.1) is 0 Å². The number of alkyl halides is 1. The van der Waals surface area contributed by atoms with E-state index in [9.17, 15) is 0 Å². The summed E-state index contributed by atoms with van der Waals surface area (Å²) in [7, 11) is 4.25. The fourth-order valence-corrected chi connectivity index (χ4v) is 2.11. The predicted octanol–water partition coefficient (Wildman–Crippen LogP) is -1.13. The fourth-order valence-electron chi connectivity index (χ4n) is 1.74. The Morgan fingerprint density at radius 3 is 2.31 bits per heavy atom. The second-order valence-corrected chi connectivity index (χ2v) is 5.16. The van der Waals surface area contributed by atoms with Crippen molar-refractivity contribution >= 4 is 11.6 Å². The topological polar surface area (TPSA) is 20.2 Å². The summed E-state index contributed by atoms with van der Waals surface area (Å²) in [6.07, 6.45) is 0. The standard InChI is InChI=1S/C12H19ClNO.ClH/c1-14(2,9-12(13)10-15)8-11-6-4-3-5-7-11;/h3-7,12,15H,8-10H2,1-2H3;1H/q+1;/p-1. The van der Waals surface area contributed by atoms with Crippen LogP contribution in [0.3, 0.4) is 0 Å². The number of aliphatic hydroxyl groups excluding tert-OH is 1. The Kier molecular flexibility index (Phi) is 7.00. The summed E-state index contributed by atoms with van der Waals surface area (Å²) < 4.78 is 0.790. The van der Waals surface area contributed by atoms with Gasteiger partial charge in [0.2, 0.25) is 0 Å². The van der Waals surface area contributed by atoms with Crippen LogP contribution in [0.4, 0.5) is 0 Å². The molecule has 0 aromatic heterocycles. The van der Waals surface area contributed by atoms with Crippen LogP contribution >= 0.6 is 11.6 Å². The molecule has 1 atom stereocenters.